The average molecular weight is 269 g/mol. The zero-order chi connectivity index (χ0) is 13.1. The molecule has 5 heteroatoms. The minimum absolute atomic E-state index is 0.0746. The third-order valence-corrected chi connectivity index (χ3v) is 3.57. The molecule has 1 aliphatic rings. The number of amides is 1. The normalized spacial score (nSPS) is 20.1. The molecular formula is C13H17ClN2O2. The summed E-state index contributed by atoms with van der Waals surface area (Å²) in [6.07, 6.45) is 0.439. The SMILES string of the molecule is Cc1c(Cl)cccc1NC(=O)CN1CC[C@@H](O)C1. The van der Waals surface area contributed by atoms with Gasteiger partial charge in [0.1, 0.15) is 0 Å². The third-order valence-electron chi connectivity index (χ3n) is 3.16. The lowest BCUT2D eigenvalue weighted by molar-refractivity contribution is -0.117. The number of carbonyl (C=O) groups is 1. The van der Waals surface area contributed by atoms with Crippen molar-refractivity contribution in [2.45, 2.75) is 19.4 Å². The summed E-state index contributed by atoms with van der Waals surface area (Å²) < 4.78 is 0. The van der Waals surface area contributed by atoms with Crippen molar-refractivity contribution in [2.75, 3.05) is 25.0 Å². The fourth-order valence-electron chi connectivity index (χ4n) is 2.09. The summed E-state index contributed by atoms with van der Waals surface area (Å²) in [6.45, 7) is 3.52. The molecule has 98 valence electrons. The molecule has 2 rings (SSSR count). The van der Waals surface area contributed by atoms with Gasteiger partial charge in [0.25, 0.3) is 0 Å². The first-order valence-corrected chi connectivity index (χ1v) is 6.39. The molecule has 18 heavy (non-hydrogen) atoms. The maximum absolute atomic E-state index is 11.9. The molecule has 1 fully saturated rings. The Morgan fingerprint density at radius 1 is 1.61 bits per heavy atom. The molecule has 1 aromatic rings. The fraction of sp³-hybridized carbons (Fsp3) is 0.462. The smallest absolute Gasteiger partial charge is 0.238 e. The Labute approximate surface area is 112 Å². The van der Waals surface area contributed by atoms with Crippen LogP contribution in [0.15, 0.2) is 18.2 Å². The molecule has 1 aromatic carbocycles. The number of hydrogen-bond donors (Lipinski definition) is 2. The summed E-state index contributed by atoms with van der Waals surface area (Å²) in [6, 6.07) is 5.44. The average Bonchev–Trinajstić information content (AvgIpc) is 2.70. The highest BCUT2D eigenvalue weighted by molar-refractivity contribution is 6.31. The number of aliphatic hydroxyl groups excluding tert-OH is 1. The molecule has 1 aliphatic heterocycles. The quantitative estimate of drug-likeness (QED) is 0.877. The largest absolute Gasteiger partial charge is 0.392 e. The van der Waals surface area contributed by atoms with Gasteiger partial charge in [-0.25, -0.2) is 0 Å². The number of carbonyl (C=O) groups excluding carboxylic acids is 1. The topological polar surface area (TPSA) is 52.6 Å². The summed E-state index contributed by atoms with van der Waals surface area (Å²) >= 11 is 5.99. The van der Waals surface area contributed by atoms with E-state index in [2.05, 4.69) is 5.32 Å². The van der Waals surface area contributed by atoms with E-state index < -0.39 is 0 Å². The predicted molar refractivity (Wildman–Crippen MR) is 71.9 cm³/mol. The number of halogens is 1. The lowest BCUT2D eigenvalue weighted by atomic mass is 10.2. The Balaban J connectivity index is 1.93. The molecule has 2 N–H and O–H groups in total. The minimum atomic E-state index is -0.300. The number of hydrogen-bond acceptors (Lipinski definition) is 3. The zero-order valence-corrected chi connectivity index (χ0v) is 11.1. The minimum Gasteiger partial charge on any atom is -0.392 e. The van der Waals surface area contributed by atoms with Gasteiger partial charge in [-0.1, -0.05) is 17.7 Å². The summed E-state index contributed by atoms with van der Waals surface area (Å²) in [5.41, 5.74) is 1.61. The first-order valence-electron chi connectivity index (χ1n) is 6.01. The number of anilines is 1. The van der Waals surface area contributed by atoms with Crippen LogP contribution in [0, 0.1) is 6.92 Å². The van der Waals surface area contributed by atoms with Gasteiger partial charge in [0, 0.05) is 23.8 Å². The maximum Gasteiger partial charge on any atom is 0.238 e. The number of benzene rings is 1. The van der Waals surface area contributed by atoms with Gasteiger partial charge in [0.2, 0.25) is 5.91 Å². The number of β-amino-alcohol motifs (C(OH)–C–C–N with tert-alkyl or cyclic N) is 1. The van der Waals surface area contributed by atoms with Crippen molar-refractivity contribution in [1.82, 2.24) is 4.90 Å². The van der Waals surface area contributed by atoms with Crippen molar-refractivity contribution in [3.05, 3.63) is 28.8 Å². The van der Waals surface area contributed by atoms with E-state index in [1.54, 1.807) is 6.07 Å². The second kappa shape index (κ2) is 5.69. The van der Waals surface area contributed by atoms with E-state index in [0.717, 1.165) is 24.2 Å². The van der Waals surface area contributed by atoms with Crippen LogP contribution in [0.4, 0.5) is 5.69 Å². The molecule has 0 saturated carbocycles. The molecule has 0 aliphatic carbocycles. The second-order valence-electron chi connectivity index (χ2n) is 4.64. The summed E-state index contributed by atoms with van der Waals surface area (Å²) in [5, 5.41) is 12.9. The lowest BCUT2D eigenvalue weighted by Crippen LogP contribution is -2.32. The summed E-state index contributed by atoms with van der Waals surface area (Å²) in [5.74, 6) is -0.0746. The lowest BCUT2D eigenvalue weighted by Gasteiger charge is -2.15. The highest BCUT2D eigenvalue weighted by atomic mass is 35.5. The van der Waals surface area contributed by atoms with Crippen molar-refractivity contribution in [1.29, 1.82) is 0 Å². The monoisotopic (exact) mass is 268 g/mol. The molecule has 0 bridgehead atoms. The summed E-state index contributed by atoms with van der Waals surface area (Å²) in [7, 11) is 0. The fourth-order valence-corrected chi connectivity index (χ4v) is 2.27. The highest BCUT2D eigenvalue weighted by Crippen LogP contribution is 2.22. The number of nitrogens with one attached hydrogen (secondary N) is 1. The molecule has 4 nitrogen and oxygen atoms in total. The molecule has 1 saturated heterocycles. The van der Waals surface area contributed by atoms with Crippen LogP contribution in [-0.2, 0) is 4.79 Å². The molecule has 0 spiro atoms. The zero-order valence-electron chi connectivity index (χ0n) is 10.3. The maximum atomic E-state index is 11.9. The number of aliphatic hydroxyl groups is 1. The van der Waals surface area contributed by atoms with Crippen LogP contribution in [0.1, 0.15) is 12.0 Å². The van der Waals surface area contributed by atoms with Crippen molar-refractivity contribution in [3.63, 3.8) is 0 Å². The standard InChI is InChI=1S/C13H17ClN2O2/c1-9-11(14)3-2-4-12(9)15-13(18)8-16-6-5-10(17)7-16/h2-4,10,17H,5-8H2,1H3,(H,15,18)/t10-/m1/s1. The van der Waals surface area contributed by atoms with Gasteiger partial charge < -0.3 is 10.4 Å². The van der Waals surface area contributed by atoms with Crippen LogP contribution < -0.4 is 5.32 Å². The van der Waals surface area contributed by atoms with Crippen molar-refractivity contribution in [3.8, 4) is 0 Å². The van der Waals surface area contributed by atoms with E-state index >= 15 is 0 Å². The van der Waals surface area contributed by atoms with Crippen molar-refractivity contribution in [2.24, 2.45) is 0 Å². The predicted octanol–water partition coefficient (Wildman–Crippen LogP) is 1.65. The van der Waals surface area contributed by atoms with E-state index in [4.69, 9.17) is 11.6 Å². The third kappa shape index (κ3) is 3.22. The molecule has 1 amide bonds. The highest BCUT2D eigenvalue weighted by Gasteiger charge is 2.22. The second-order valence-corrected chi connectivity index (χ2v) is 5.05. The number of rotatable bonds is 3. The van der Waals surface area contributed by atoms with Crippen LogP contribution in [0.25, 0.3) is 0 Å². The Bertz CT molecular complexity index is 451. The molecular weight excluding hydrogens is 252 g/mol. The Kier molecular flexibility index (Phi) is 4.22. The van der Waals surface area contributed by atoms with Crippen LogP contribution in [0.3, 0.4) is 0 Å². The Hall–Kier alpha value is -1.10. The van der Waals surface area contributed by atoms with E-state index in [1.165, 1.54) is 0 Å². The van der Waals surface area contributed by atoms with Gasteiger partial charge in [-0.2, -0.15) is 0 Å². The van der Waals surface area contributed by atoms with Gasteiger partial charge in [0.05, 0.1) is 12.6 Å². The molecule has 0 unspecified atom stereocenters. The molecule has 1 atom stereocenters. The van der Waals surface area contributed by atoms with Crippen LogP contribution in [-0.4, -0.2) is 41.7 Å². The first kappa shape index (κ1) is 13.3. The van der Waals surface area contributed by atoms with Gasteiger partial charge in [0.15, 0.2) is 0 Å². The molecule has 1 heterocycles. The summed E-state index contributed by atoms with van der Waals surface area (Å²) in [4.78, 5) is 13.8. The van der Waals surface area contributed by atoms with Crippen molar-refractivity contribution >= 4 is 23.2 Å². The Morgan fingerprint density at radius 3 is 3.06 bits per heavy atom. The van der Waals surface area contributed by atoms with Gasteiger partial charge in [-0.3, -0.25) is 9.69 Å². The van der Waals surface area contributed by atoms with Gasteiger partial charge in [-0.05, 0) is 31.0 Å². The number of likely N-dealkylation sites (tertiary alicyclic amines) is 1. The van der Waals surface area contributed by atoms with Crippen molar-refractivity contribution < 1.29 is 9.90 Å². The van der Waals surface area contributed by atoms with E-state index in [-0.39, 0.29) is 12.0 Å². The number of nitrogens with zero attached hydrogens (tertiary/aromatic N) is 1. The van der Waals surface area contributed by atoms with E-state index in [0.29, 0.717) is 18.1 Å². The Morgan fingerprint density at radius 2 is 2.39 bits per heavy atom. The van der Waals surface area contributed by atoms with E-state index in [9.17, 15) is 9.90 Å². The van der Waals surface area contributed by atoms with E-state index in [1.807, 2.05) is 24.0 Å². The van der Waals surface area contributed by atoms with Gasteiger partial charge >= 0.3 is 0 Å². The van der Waals surface area contributed by atoms with Crippen LogP contribution in [0.5, 0.6) is 0 Å². The van der Waals surface area contributed by atoms with Crippen LogP contribution in [0.2, 0.25) is 5.02 Å². The molecule has 0 radical (unpaired) electrons. The molecule has 0 aromatic heterocycles. The van der Waals surface area contributed by atoms with Crippen LogP contribution >= 0.6 is 11.6 Å². The van der Waals surface area contributed by atoms with Gasteiger partial charge in [-0.15, -0.1) is 0 Å². The first-order chi connectivity index (χ1) is 8.56.